The van der Waals surface area contributed by atoms with Crippen LogP contribution in [0.1, 0.15) is 21.6 Å². The Morgan fingerprint density at radius 1 is 0.970 bits per heavy atom. The lowest BCUT2D eigenvalue weighted by atomic mass is 10.1. The number of aryl methyl sites for hydroxylation is 2. The molecule has 0 spiro atoms. The standard InChI is InChI=1S/C26H28N6O/c1-19-23-24(27-17-20-9-5-3-6-10-20)22(18-28-25(23)30(2)29-19)26(33)32-15-13-31(14-16-32)21-11-7-4-8-12-21/h3-12,18H,13-17H2,1-2H3,(H,27,28). The summed E-state index contributed by atoms with van der Waals surface area (Å²) in [5, 5.41) is 8.98. The molecule has 4 aromatic rings. The molecule has 0 bridgehead atoms. The number of fused-ring (bicyclic) bond motifs is 1. The summed E-state index contributed by atoms with van der Waals surface area (Å²) in [6.45, 7) is 5.56. The highest BCUT2D eigenvalue weighted by molar-refractivity contribution is 6.07. The number of amides is 1. The van der Waals surface area contributed by atoms with Crippen LogP contribution in [0.15, 0.2) is 66.9 Å². The van der Waals surface area contributed by atoms with Crippen molar-refractivity contribution < 1.29 is 4.79 Å². The predicted molar refractivity (Wildman–Crippen MR) is 132 cm³/mol. The van der Waals surface area contributed by atoms with Crippen molar-refractivity contribution in [1.29, 1.82) is 0 Å². The first kappa shape index (κ1) is 21.0. The van der Waals surface area contributed by atoms with E-state index in [9.17, 15) is 4.79 Å². The van der Waals surface area contributed by atoms with E-state index in [-0.39, 0.29) is 5.91 Å². The van der Waals surface area contributed by atoms with Crippen molar-refractivity contribution in [2.24, 2.45) is 7.05 Å². The number of hydrogen-bond acceptors (Lipinski definition) is 5. The van der Waals surface area contributed by atoms with Gasteiger partial charge in [0.1, 0.15) is 0 Å². The summed E-state index contributed by atoms with van der Waals surface area (Å²) in [4.78, 5) is 22.5. The van der Waals surface area contributed by atoms with E-state index in [4.69, 9.17) is 0 Å². The van der Waals surface area contributed by atoms with Crippen LogP contribution >= 0.6 is 0 Å². The zero-order valence-electron chi connectivity index (χ0n) is 19.0. The summed E-state index contributed by atoms with van der Waals surface area (Å²) < 4.78 is 1.77. The first-order valence-electron chi connectivity index (χ1n) is 11.3. The number of nitrogens with zero attached hydrogens (tertiary/aromatic N) is 5. The van der Waals surface area contributed by atoms with E-state index in [2.05, 4.69) is 56.7 Å². The molecular formula is C26H28N6O. The van der Waals surface area contributed by atoms with Gasteiger partial charge in [-0.3, -0.25) is 9.48 Å². The van der Waals surface area contributed by atoms with Gasteiger partial charge in [-0.15, -0.1) is 0 Å². The minimum absolute atomic E-state index is 0.0101. The highest BCUT2D eigenvalue weighted by Crippen LogP contribution is 2.30. The highest BCUT2D eigenvalue weighted by atomic mass is 16.2. The Labute approximate surface area is 193 Å². The molecule has 1 aliphatic heterocycles. The number of hydrogen-bond donors (Lipinski definition) is 1. The SMILES string of the molecule is Cc1nn(C)c2ncc(C(=O)N3CCN(c4ccccc4)CC3)c(NCc3ccccc3)c12. The molecule has 1 saturated heterocycles. The fourth-order valence-electron chi connectivity index (χ4n) is 4.52. The Balaban J connectivity index is 1.42. The smallest absolute Gasteiger partial charge is 0.257 e. The van der Waals surface area contributed by atoms with Crippen molar-refractivity contribution in [3.8, 4) is 0 Å². The van der Waals surface area contributed by atoms with Gasteiger partial charge < -0.3 is 15.1 Å². The number of carbonyl (C=O) groups is 1. The summed E-state index contributed by atoms with van der Waals surface area (Å²) in [6.07, 6.45) is 1.70. The van der Waals surface area contributed by atoms with Crippen LogP contribution < -0.4 is 10.2 Å². The minimum Gasteiger partial charge on any atom is -0.380 e. The van der Waals surface area contributed by atoms with Crippen LogP contribution in [-0.2, 0) is 13.6 Å². The highest BCUT2D eigenvalue weighted by Gasteiger charge is 2.26. The fraction of sp³-hybridized carbons (Fsp3) is 0.269. The van der Waals surface area contributed by atoms with Crippen LogP contribution in [0.25, 0.3) is 11.0 Å². The molecule has 33 heavy (non-hydrogen) atoms. The Morgan fingerprint density at radius 3 is 2.33 bits per heavy atom. The number of aromatic nitrogens is 3. The van der Waals surface area contributed by atoms with E-state index in [1.54, 1.807) is 10.9 Å². The third-order valence-corrected chi connectivity index (χ3v) is 6.26. The van der Waals surface area contributed by atoms with Gasteiger partial charge >= 0.3 is 0 Å². The predicted octanol–water partition coefficient (Wildman–Crippen LogP) is 3.85. The van der Waals surface area contributed by atoms with Crippen molar-refractivity contribution in [1.82, 2.24) is 19.7 Å². The van der Waals surface area contributed by atoms with E-state index in [1.807, 2.05) is 43.1 Å². The number of rotatable bonds is 5. The Kier molecular flexibility index (Phi) is 5.69. The Hall–Kier alpha value is -3.87. The van der Waals surface area contributed by atoms with Crippen LogP contribution in [0, 0.1) is 6.92 Å². The molecule has 0 atom stereocenters. The van der Waals surface area contributed by atoms with Gasteiger partial charge in [0.15, 0.2) is 5.65 Å². The summed E-state index contributed by atoms with van der Waals surface area (Å²) >= 11 is 0. The molecule has 0 unspecified atom stereocenters. The summed E-state index contributed by atoms with van der Waals surface area (Å²) in [5.74, 6) is 0.0101. The van der Waals surface area contributed by atoms with Gasteiger partial charge in [0, 0.05) is 51.7 Å². The van der Waals surface area contributed by atoms with E-state index in [1.165, 1.54) is 5.69 Å². The van der Waals surface area contributed by atoms with Crippen LogP contribution in [0.2, 0.25) is 0 Å². The monoisotopic (exact) mass is 440 g/mol. The molecule has 1 N–H and O–H groups in total. The summed E-state index contributed by atoms with van der Waals surface area (Å²) in [6, 6.07) is 20.6. The second kappa shape index (κ2) is 8.94. The minimum atomic E-state index is 0.0101. The normalized spacial score (nSPS) is 14.0. The molecule has 2 aromatic heterocycles. The lowest BCUT2D eigenvalue weighted by Gasteiger charge is -2.36. The molecule has 2 aromatic carbocycles. The van der Waals surface area contributed by atoms with Gasteiger partial charge in [0.05, 0.1) is 22.3 Å². The van der Waals surface area contributed by atoms with Gasteiger partial charge in [-0.25, -0.2) is 4.98 Å². The maximum absolute atomic E-state index is 13.6. The fourth-order valence-corrected chi connectivity index (χ4v) is 4.52. The van der Waals surface area contributed by atoms with Gasteiger partial charge in [-0.1, -0.05) is 48.5 Å². The van der Waals surface area contributed by atoms with Gasteiger partial charge in [-0.2, -0.15) is 5.10 Å². The first-order chi connectivity index (χ1) is 16.1. The molecule has 0 aliphatic carbocycles. The molecule has 1 fully saturated rings. The van der Waals surface area contributed by atoms with Crippen LogP contribution in [0.5, 0.6) is 0 Å². The van der Waals surface area contributed by atoms with Gasteiger partial charge in [-0.05, 0) is 24.6 Å². The molecule has 0 saturated carbocycles. The number of nitrogens with one attached hydrogen (secondary N) is 1. The Bertz CT molecular complexity index is 1260. The van der Waals surface area contributed by atoms with Crippen molar-refractivity contribution in [3.05, 3.63) is 83.7 Å². The molecular weight excluding hydrogens is 412 g/mol. The third-order valence-electron chi connectivity index (χ3n) is 6.26. The van der Waals surface area contributed by atoms with Gasteiger partial charge in [0.2, 0.25) is 0 Å². The van der Waals surface area contributed by atoms with Crippen molar-refractivity contribution in [3.63, 3.8) is 0 Å². The second-order valence-electron chi connectivity index (χ2n) is 8.41. The van der Waals surface area contributed by atoms with E-state index in [0.717, 1.165) is 41.1 Å². The van der Waals surface area contributed by atoms with Gasteiger partial charge in [0.25, 0.3) is 5.91 Å². The quantitative estimate of drug-likeness (QED) is 0.511. The lowest BCUT2D eigenvalue weighted by Crippen LogP contribution is -2.49. The average molecular weight is 441 g/mol. The van der Waals surface area contributed by atoms with Crippen molar-refractivity contribution in [2.45, 2.75) is 13.5 Å². The van der Waals surface area contributed by atoms with Crippen molar-refractivity contribution >= 4 is 28.3 Å². The van der Waals surface area contributed by atoms with Crippen LogP contribution in [0.3, 0.4) is 0 Å². The number of carbonyl (C=O) groups excluding carboxylic acids is 1. The van der Waals surface area contributed by atoms with E-state index in [0.29, 0.717) is 25.2 Å². The Morgan fingerprint density at radius 2 is 1.64 bits per heavy atom. The molecule has 7 heteroatoms. The molecule has 1 amide bonds. The topological polar surface area (TPSA) is 66.3 Å². The third kappa shape index (κ3) is 4.14. The number of piperazine rings is 1. The molecule has 168 valence electrons. The lowest BCUT2D eigenvalue weighted by molar-refractivity contribution is 0.0747. The van der Waals surface area contributed by atoms with Crippen LogP contribution in [0.4, 0.5) is 11.4 Å². The maximum Gasteiger partial charge on any atom is 0.257 e. The van der Waals surface area contributed by atoms with Crippen molar-refractivity contribution in [2.75, 3.05) is 36.4 Å². The number of benzene rings is 2. The summed E-state index contributed by atoms with van der Waals surface area (Å²) in [5.41, 5.74) is 5.39. The second-order valence-corrected chi connectivity index (χ2v) is 8.41. The molecule has 5 rings (SSSR count). The largest absolute Gasteiger partial charge is 0.380 e. The number of anilines is 2. The molecule has 3 heterocycles. The average Bonchev–Trinajstić information content (AvgIpc) is 3.16. The molecule has 0 radical (unpaired) electrons. The zero-order valence-corrected chi connectivity index (χ0v) is 19.0. The number of pyridine rings is 1. The molecule has 7 nitrogen and oxygen atoms in total. The van der Waals surface area contributed by atoms with E-state index >= 15 is 0 Å². The molecule has 1 aliphatic rings. The zero-order chi connectivity index (χ0) is 22.8. The van der Waals surface area contributed by atoms with Crippen LogP contribution in [-0.4, -0.2) is 51.8 Å². The van der Waals surface area contributed by atoms with E-state index < -0.39 is 0 Å². The maximum atomic E-state index is 13.6. The first-order valence-corrected chi connectivity index (χ1v) is 11.3. The summed E-state index contributed by atoms with van der Waals surface area (Å²) in [7, 11) is 1.88. The number of para-hydroxylation sites is 1.